The summed E-state index contributed by atoms with van der Waals surface area (Å²) in [6.45, 7) is 9.21. The monoisotopic (exact) mass is 567 g/mol. The summed E-state index contributed by atoms with van der Waals surface area (Å²) in [5.41, 5.74) is 1.29. The van der Waals surface area contributed by atoms with Crippen LogP contribution < -0.4 is 15.4 Å². The first kappa shape index (κ1) is 28.6. The number of nitrogens with zero attached hydrogens (tertiary/aromatic N) is 1. The van der Waals surface area contributed by atoms with Gasteiger partial charge in [-0.2, -0.15) is 0 Å². The molecule has 2 bridgehead atoms. The Balaban J connectivity index is 1.02. The van der Waals surface area contributed by atoms with Gasteiger partial charge in [0.15, 0.2) is 11.9 Å². The highest BCUT2D eigenvalue weighted by Gasteiger charge is 2.69. The van der Waals surface area contributed by atoms with Gasteiger partial charge in [0.2, 0.25) is 11.7 Å². The number of anilines is 1. The van der Waals surface area contributed by atoms with Crippen molar-refractivity contribution in [2.45, 2.75) is 102 Å². The van der Waals surface area contributed by atoms with Crippen LogP contribution in [0.1, 0.15) is 72.6 Å². The number of carbonyl (C=O) groups excluding carboxylic acids is 1. The lowest BCUT2D eigenvalue weighted by Crippen LogP contribution is -2.70. The molecule has 5 fully saturated rings. The van der Waals surface area contributed by atoms with Gasteiger partial charge in [0.25, 0.3) is 0 Å². The Morgan fingerprint density at radius 3 is 2.88 bits per heavy atom. The number of hydrogen-bond donors (Lipinski definition) is 2. The van der Waals surface area contributed by atoms with E-state index in [-0.39, 0.29) is 29.9 Å². The number of carbonyl (C=O) groups is 1. The highest BCUT2D eigenvalue weighted by Crippen LogP contribution is 2.60. The predicted octanol–water partition coefficient (Wildman–Crippen LogP) is 5.58. The number of pyridine rings is 1. The lowest BCUT2D eigenvalue weighted by atomic mass is 9.57. The molecule has 0 radical (unpaired) electrons. The zero-order valence-electron chi connectivity index (χ0n) is 25.0. The standard InChI is InChI=1S/C32H45N3O6/c1-19-10-11-25-21(3)27(38-30-32(25)24(19)12-13-31(4,39-30)40-41-32)18-28(36)33-14-6-8-20(2)35-26-17-23(37-5)16-22-9-7-15-34-29(22)26/h7,9,15-17,19-21,24-25,27,30,35H,6,8,10-14,18H2,1-5H3,(H,33,36)/t19-,20?,21-,24+,25+,27-,30-,31+,32-/m1/s1. The van der Waals surface area contributed by atoms with Crippen molar-refractivity contribution in [1.82, 2.24) is 10.3 Å². The molecule has 9 nitrogen and oxygen atoms in total. The van der Waals surface area contributed by atoms with Crippen molar-refractivity contribution in [2.75, 3.05) is 19.0 Å². The van der Waals surface area contributed by atoms with Crippen molar-refractivity contribution in [3.8, 4) is 5.75 Å². The average Bonchev–Trinajstić information content (AvgIpc) is 3.19. The molecule has 9 atom stereocenters. The topological polar surface area (TPSA) is 100 Å². The normalized spacial score (nSPS) is 36.7. The van der Waals surface area contributed by atoms with Crippen molar-refractivity contribution < 1.29 is 28.8 Å². The predicted molar refractivity (Wildman–Crippen MR) is 155 cm³/mol. The third-order valence-corrected chi connectivity index (χ3v) is 10.1. The third-order valence-electron chi connectivity index (χ3n) is 10.1. The van der Waals surface area contributed by atoms with E-state index in [0.717, 1.165) is 60.9 Å². The minimum Gasteiger partial charge on any atom is -0.497 e. The molecule has 1 unspecified atom stereocenters. The Morgan fingerprint density at radius 2 is 2.05 bits per heavy atom. The summed E-state index contributed by atoms with van der Waals surface area (Å²) in [5.74, 6) is 1.26. The molecule has 5 aliphatic rings. The number of rotatable bonds is 9. The van der Waals surface area contributed by atoms with Gasteiger partial charge < -0.3 is 24.8 Å². The van der Waals surface area contributed by atoms with Gasteiger partial charge in [-0.3, -0.25) is 9.78 Å². The van der Waals surface area contributed by atoms with Gasteiger partial charge in [0.1, 0.15) is 5.75 Å². The maximum Gasteiger partial charge on any atom is 0.222 e. The van der Waals surface area contributed by atoms with Gasteiger partial charge in [0.05, 0.1) is 30.8 Å². The fourth-order valence-electron chi connectivity index (χ4n) is 7.83. The summed E-state index contributed by atoms with van der Waals surface area (Å²) < 4.78 is 18.5. The first-order chi connectivity index (χ1) is 19.7. The SMILES string of the molecule is COc1cc(NC(C)CCCNC(=O)C[C@H]2O[C@@H]3O[C@]4(C)CC[C@H]5[C@H](C)CC[C@@H]([C@H]2C)[C@@]35OO4)c2ncccc2c1. The van der Waals surface area contributed by atoms with E-state index < -0.39 is 17.7 Å². The summed E-state index contributed by atoms with van der Waals surface area (Å²) in [5, 5.41) is 7.74. The van der Waals surface area contributed by atoms with Crippen LogP contribution in [0.4, 0.5) is 5.69 Å². The molecule has 4 saturated heterocycles. The van der Waals surface area contributed by atoms with Gasteiger partial charge in [-0.05, 0) is 75.8 Å². The van der Waals surface area contributed by atoms with Gasteiger partial charge in [-0.15, -0.1) is 0 Å². The Bertz CT molecular complexity index is 1260. The molecule has 41 heavy (non-hydrogen) atoms. The molecule has 1 amide bonds. The van der Waals surface area contributed by atoms with E-state index in [9.17, 15) is 4.79 Å². The molecule has 7 rings (SSSR count). The van der Waals surface area contributed by atoms with Gasteiger partial charge in [0, 0.05) is 42.6 Å². The highest BCUT2D eigenvalue weighted by molar-refractivity contribution is 5.91. The Kier molecular flexibility index (Phi) is 7.91. The number of nitrogens with one attached hydrogen (secondary N) is 2. The molecular formula is C32H45N3O6. The molecule has 1 aromatic carbocycles. The molecule has 2 aromatic rings. The van der Waals surface area contributed by atoms with Gasteiger partial charge in [-0.1, -0.05) is 19.9 Å². The van der Waals surface area contributed by atoms with E-state index in [1.807, 2.05) is 31.2 Å². The van der Waals surface area contributed by atoms with E-state index in [4.69, 9.17) is 24.0 Å². The zero-order chi connectivity index (χ0) is 28.8. The lowest BCUT2D eigenvalue weighted by Gasteiger charge is -2.60. The van der Waals surface area contributed by atoms with Crippen molar-refractivity contribution >= 4 is 22.5 Å². The molecule has 224 valence electrons. The summed E-state index contributed by atoms with van der Waals surface area (Å²) in [6, 6.07) is 8.14. The second-order valence-electron chi connectivity index (χ2n) is 12.9. The maximum absolute atomic E-state index is 13.1. The Labute approximate surface area is 242 Å². The van der Waals surface area contributed by atoms with Crippen LogP contribution in [0.3, 0.4) is 0 Å². The molecule has 9 heteroatoms. The fraction of sp³-hybridized carbons (Fsp3) is 0.688. The minimum atomic E-state index is -0.803. The van der Waals surface area contributed by atoms with Crippen molar-refractivity contribution in [2.24, 2.45) is 23.7 Å². The molecule has 1 spiro atoms. The fourth-order valence-corrected chi connectivity index (χ4v) is 7.83. The molecule has 1 saturated carbocycles. The first-order valence-corrected chi connectivity index (χ1v) is 15.4. The molecule has 1 aromatic heterocycles. The van der Waals surface area contributed by atoms with Gasteiger partial charge in [-0.25, -0.2) is 9.78 Å². The van der Waals surface area contributed by atoms with Crippen LogP contribution in [-0.4, -0.2) is 54.4 Å². The second-order valence-corrected chi connectivity index (χ2v) is 12.9. The van der Waals surface area contributed by atoms with E-state index >= 15 is 0 Å². The van der Waals surface area contributed by atoms with Crippen LogP contribution in [0.25, 0.3) is 10.9 Å². The Morgan fingerprint density at radius 1 is 1.20 bits per heavy atom. The highest BCUT2D eigenvalue weighted by atomic mass is 17.3. The molecule has 5 heterocycles. The van der Waals surface area contributed by atoms with Crippen LogP contribution in [0, 0.1) is 23.7 Å². The molecular weight excluding hydrogens is 522 g/mol. The molecule has 4 aliphatic heterocycles. The average molecular weight is 568 g/mol. The van der Waals surface area contributed by atoms with E-state index in [1.165, 1.54) is 0 Å². The van der Waals surface area contributed by atoms with Crippen LogP contribution >= 0.6 is 0 Å². The number of benzene rings is 1. The van der Waals surface area contributed by atoms with Crippen LogP contribution in [0.2, 0.25) is 0 Å². The second kappa shape index (κ2) is 11.3. The van der Waals surface area contributed by atoms with Crippen molar-refractivity contribution in [3.05, 3.63) is 30.5 Å². The van der Waals surface area contributed by atoms with Crippen LogP contribution in [0.5, 0.6) is 5.75 Å². The van der Waals surface area contributed by atoms with Crippen LogP contribution in [0.15, 0.2) is 30.5 Å². The quantitative estimate of drug-likeness (QED) is 0.299. The largest absolute Gasteiger partial charge is 0.497 e. The zero-order valence-corrected chi connectivity index (χ0v) is 25.0. The minimum absolute atomic E-state index is 0.0179. The number of amides is 1. The van der Waals surface area contributed by atoms with Gasteiger partial charge >= 0.3 is 0 Å². The smallest absolute Gasteiger partial charge is 0.222 e. The third kappa shape index (κ3) is 5.31. The van der Waals surface area contributed by atoms with Crippen molar-refractivity contribution in [3.63, 3.8) is 0 Å². The summed E-state index contributed by atoms with van der Waals surface area (Å²) in [7, 11) is 1.67. The molecule has 1 aliphatic carbocycles. The summed E-state index contributed by atoms with van der Waals surface area (Å²) in [6.07, 6.45) is 7.13. The van der Waals surface area contributed by atoms with E-state index in [2.05, 4.69) is 36.4 Å². The summed E-state index contributed by atoms with van der Waals surface area (Å²) >= 11 is 0. The number of methoxy groups -OCH3 is 1. The van der Waals surface area contributed by atoms with E-state index in [0.29, 0.717) is 24.8 Å². The molecule has 2 N–H and O–H groups in total. The van der Waals surface area contributed by atoms with Crippen LogP contribution in [-0.2, 0) is 24.0 Å². The maximum atomic E-state index is 13.1. The number of aromatic nitrogens is 1. The number of ether oxygens (including phenoxy) is 3. The Hall–Kier alpha value is -2.46. The first-order valence-electron chi connectivity index (χ1n) is 15.4. The van der Waals surface area contributed by atoms with E-state index in [1.54, 1.807) is 13.3 Å². The summed E-state index contributed by atoms with van der Waals surface area (Å²) in [4.78, 5) is 29.7. The number of fused-ring (bicyclic) bond motifs is 3. The van der Waals surface area contributed by atoms with Crippen molar-refractivity contribution in [1.29, 1.82) is 0 Å². The number of hydrogen-bond acceptors (Lipinski definition) is 8. The lowest BCUT2D eigenvalue weighted by molar-refractivity contribution is -0.570.